The summed E-state index contributed by atoms with van der Waals surface area (Å²) in [7, 11) is 0. The summed E-state index contributed by atoms with van der Waals surface area (Å²) in [6.07, 6.45) is 5.70. The van der Waals surface area contributed by atoms with E-state index in [0.717, 1.165) is 23.0 Å². The molecular formula is C15H18N2OS. The fraction of sp³-hybridized carbons (Fsp3) is 0.400. The monoisotopic (exact) mass is 274 g/mol. The van der Waals surface area contributed by atoms with Crippen LogP contribution in [0, 0.1) is 0 Å². The Kier molecular flexibility index (Phi) is 3.78. The molecule has 1 fully saturated rings. The van der Waals surface area contributed by atoms with Gasteiger partial charge in [0, 0.05) is 23.4 Å². The molecule has 1 aliphatic heterocycles. The van der Waals surface area contributed by atoms with E-state index in [1.165, 1.54) is 25.0 Å². The third kappa shape index (κ3) is 2.78. The molecule has 1 atom stereocenters. The third-order valence-corrected chi connectivity index (χ3v) is 4.99. The molecule has 100 valence electrons. The van der Waals surface area contributed by atoms with Crippen molar-refractivity contribution in [3.05, 3.63) is 36.0 Å². The van der Waals surface area contributed by atoms with Gasteiger partial charge in [-0.15, -0.1) is 0 Å². The van der Waals surface area contributed by atoms with Crippen LogP contribution in [-0.2, 0) is 0 Å². The van der Waals surface area contributed by atoms with Gasteiger partial charge in [-0.3, -0.25) is 4.79 Å². The molecular weight excluding hydrogens is 256 g/mol. The second-order valence-electron chi connectivity index (χ2n) is 4.95. The Balaban J connectivity index is 1.68. The lowest BCUT2D eigenvalue weighted by atomic mass is 10.1. The van der Waals surface area contributed by atoms with E-state index < -0.39 is 0 Å². The highest BCUT2D eigenvalue weighted by Gasteiger charge is 2.16. The van der Waals surface area contributed by atoms with Crippen LogP contribution < -0.4 is 5.32 Å². The maximum Gasteiger partial charge on any atom is 0.253 e. The van der Waals surface area contributed by atoms with Gasteiger partial charge in [0.2, 0.25) is 0 Å². The molecule has 1 unspecified atom stereocenters. The third-order valence-electron chi connectivity index (χ3n) is 3.60. The van der Waals surface area contributed by atoms with Gasteiger partial charge in [-0.1, -0.05) is 18.6 Å². The highest BCUT2D eigenvalue weighted by Crippen LogP contribution is 2.24. The quantitative estimate of drug-likeness (QED) is 0.903. The van der Waals surface area contributed by atoms with Crippen LogP contribution in [0.25, 0.3) is 10.9 Å². The number of nitrogens with one attached hydrogen (secondary N) is 2. The Morgan fingerprint density at radius 3 is 3.16 bits per heavy atom. The molecule has 0 spiro atoms. The molecule has 3 nitrogen and oxygen atoms in total. The molecule has 2 aromatic rings. The predicted molar refractivity (Wildman–Crippen MR) is 80.7 cm³/mol. The van der Waals surface area contributed by atoms with Crippen molar-refractivity contribution in [3.63, 3.8) is 0 Å². The fourth-order valence-electron chi connectivity index (χ4n) is 2.54. The molecule has 2 N–H and O–H groups in total. The molecule has 1 amide bonds. The number of hydrogen-bond acceptors (Lipinski definition) is 2. The van der Waals surface area contributed by atoms with E-state index in [0.29, 0.717) is 5.25 Å². The number of benzene rings is 1. The zero-order valence-electron chi connectivity index (χ0n) is 10.8. The molecule has 19 heavy (non-hydrogen) atoms. The van der Waals surface area contributed by atoms with Gasteiger partial charge >= 0.3 is 0 Å². The van der Waals surface area contributed by atoms with Gasteiger partial charge in [-0.05, 0) is 30.7 Å². The Morgan fingerprint density at radius 2 is 2.32 bits per heavy atom. The number of aromatic amines is 1. The molecule has 1 aliphatic rings. The second kappa shape index (κ2) is 5.70. The Bertz CT molecular complexity index is 572. The summed E-state index contributed by atoms with van der Waals surface area (Å²) in [5.74, 6) is 1.26. The Hall–Kier alpha value is -1.42. The molecule has 1 aromatic carbocycles. The van der Waals surface area contributed by atoms with E-state index in [1.807, 2.05) is 42.2 Å². The summed E-state index contributed by atoms with van der Waals surface area (Å²) in [5, 5.41) is 4.74. The Labute approximate surface area is 117 Å². The van der Waals surface area contributed by atoms with Crippen molar-refractivity contribution in [2.45, 2.75) is 24.5 Å². The molecule has 3 rings (SSSR count). The second-order valence-corrected chi connectivity index (χ2v) is 6.35. The average Bonchev–Trinajstić information content (AvgIpc) is 2.94. The number of hydrogen-bond donors (Lipinski definition) is 2. The molecule has 4 heteroatoms. The first-order chi connectivity index (χ1) is 9.34. The van der Waals surface area contributed by atoms with Crippen LogP contribution in [0.15, 0.2) is 30.5 Å². The van der Waals surface area contributed by atoms with Gasteiger partial charge in [0.1, 0.15) is 0 Å². The first kappa shape index (κ1) is 12.6. The molecule has 0 bridgehead atoms. The number of amides is 1. The van der Waals surface area contributed by atoms with Crippen LogP contribution in [0.3, 0.4) is 0 Å². The number of H-pyrrole nitrogens is 1. The van der Waals surface area contributed by atoms with Gasteiger partial charge in [0.05, 0.1) is 11.1 Å². The van der Waals surface area contributed by atoms with Crippen molar-refractivity contribution in [1.82, 2.24) is 10.3 Å². The van der Waals surface area contributed by atoms with E-state index in [1.54, 1.807) is 0 Å². The maximum absolute atomic E-state index is 12.3. The van der Waals surface area contributed by atoms with Gasteiger partial charge in [-0.2, -0.15) is 11.8 Å². The number of para-hydroxylation sites is 1. The SMILES string of the molecule is O=C(NCC1CCCCS1)c1cccc2cc[nH]c12. The molecule has 0 aliphatic carbocycles. The molecule has 0 saturated carbocycles. The zero-order valence-corrected chi connectivity index (χ0v) is 11.6. The molecule has 0 radical (unpaired) electrons. The van der Waals surface area contributed by atoms with Crippen molar-refractivity contribution < 1.29 is 4.79 Å². The smallest absolute Gasteiger partial charge is 0.253 e. The summed E-state index contributed by atoms with van der Waals surface area (Å²) < 4.78 is 0. The largest absolute Gasteiger partial charge is 0.361 e. The van der Waals surface area contributed by atoms with Gasteiger partial charge in [0.15, 0.2) is 0 Å². The first-order valence-corrected chi connectivity index (χ1v) is 7.85. The average molecular weight is 274 g/mol. The number of carbonyl (C=O) groups is 1. The van der Waals surface area contributed by atoms with Crippen molar-refractivity contribution in [3.8, 4) is 0 Å². The number of carbonyl (C=O) groups excluding carboxylic acids is 1. The maximum atomic E-state index is 12.3. The van der Waals surface area contributed by atoms with E-state index >= 15 is 0 Å². The van der Waals surface area contributed by atoms with Crippen molar-refractivity contribution in [1.29, 1.82) is 0 Å². The van der Waals surface area contributed by atoms with Gasteiger partial charge < -0.3 is 10.3 Å². The highest BCUT2D eigenvalue weighted by molar-refractivity contribution is 7.99. The van der Waals surface area contributed by atoms with E-state index in [2.05, 4.69) is 10.3 Å². The van der Waals surface area contributed by atoms with Crippen molar-refractivity contribution >= 4 is 28.6 Å². The number of aromatic nitrogens is 1. The van der Waals surface area contributed by atoms with Gasteiger partial charge in [-0.25, -0.2) is 0 Å². The Morgan fingerprint density at radius 1 is 1.37 bits per heavy atom. The first-order valence-electron chi connectivity index (χ1n) is 6.80. The van der Waals surface area contributed by atoms with Crippen molar-refractivity contribution in [2.75, 3.05) is 12.3 Å². The molecule has 2 heterocycles. The summed E-state index contributed by atoms with van der Waals surface area (Å²) in [6.45, 7) is 0.778. The van der Waals surface area contributed by atoms with Crippen LogP contribution in [0.5, 0.6) is 0 Å². The number of rotatable bonds is 3. The lowest BCUT2D eigenvalue weighted by Gasteiger charge is -2.21. The van der Waals surface area contributed by atoms with Crippen LogP contribution in [-0.4, -0.2) is 28.4 Å². The lowest BCUT2D eigenvalue weighted by Crippen LogP contribution is -2.32. The summed E-state index contributed by atoms with van der Waals surface area (Å²) in [6, 6.07) is 7.81. The molecule has 1 saturated heterocycles. The predicted octanol–water partition coefficient (Wildman–Crippen LogP) is 3.18. The minimum Gasteiger partial charge on any atom is -0.361 e. The zero-order chi connectivity index (χ0) is 13.1. The standard InChI is InChI=1S/C15H18N2OS/c18-15(17-10-12-5-1-2-9-19-12)13-6-3-4-11-7-8-16-14(11)13/h3-4,6-8,12,16H,1-2,5,9-10H2,(H,17,18). The minimum absolute atomic E-state index is 0.0271. The minimum atomic E-state index is 0.0271. The normalized spacial score (nSPS) is 19.5. The number of thioether (sulfide) groups is 1. The number of fused-ring (bicyclic) bond motifs is 1. The lowest BCUT2D eigenvalue weighted by molar-refractivity contribution is 0.0955. The van der Waals surface area contributed by atoms with E-state index in [9.17, 15) is 4.79 Å². The van der Waals surface area contributed by atoms with Crippen LogP contribution in [0.4, 0.5) is 0 Å². The van der Waals surface area contributed by atoms with E-state index in [4.69, 9.17) is 0 Å². The fourth-order valence-corrected chi connectivity index (χ4v) is 3.78. The topological polar surface area (TPSA) is 44.9 Å². The van der Waals surface area contributed by atoms with Crippen LogP contribution in [0.2, 0.25) is 0 Å². The van der Waals surface area contributed by atoms with E-state index in [-0.39, 0.29) is 5.91 Å². The van der Waals surface area contributed by atoms with Crippen LogP contribution >= 0.6 is 11.8 Å². The summed E-state index contributed by atoms with van der Waals surface area (Å²) >= 11 is 1.98. The van der Waals surface area contributed by atoms with Crippen molar-refractivity contribution in [2.24, 2.45) is 0 Å². The summed E-state index contributed by atoms with van der Waals surface area (Å²) in [4.78, 5) is 15.4. The highest BCUT2D eigenvalue weighted by atomic mass is 32.2. The molecule has 1 aromatic heterocycles. The van der Waals surface area contributed by atoms with Crippen LogP contribution in [0.1, 0.15) is 29.6 Å². The van der Waals surface area contributed by atoms with Gasteiger partial charge in [0.25, 0.3) is 5.91 Å². The summed E-state index contributed by atoms with van der Waals surface area (Å²) in [5.41, 5.74) is 1.67.